The molecule has 0 aromatic heterocycles. The molecule has 0 saturated heterocycles. The first-order valence-corrected chi connectivity index (χ1v) is 15.5. The molecule has 4 aromatic carbocycles. The van der Waals surface area contributed by atoms with Crippen LogP contribution in [0.5, 0.6) is 23.0 Å². The second kappa shape index (κ2) is 11.5. The molecule has 0 spiro atoms. The largest absolute Gasteiger partial charge is 0.508 e. The van der Waals surface area contributed by atoms with E-state index in [2.05, 4.69) is 86.6 Å². The van der Waals surface area contributed by atoms with Gasteiger partial charge in [-0.2, -0.15) is 0 Å². The average Bonchev–Trinajstić information content (AvgIpc) is 2.91. The van der Waals surface area contributed by atoms with Crippen molar-refractivity contribution in [2.24, 2.45) is 0 Å². The van der Waals surface area contributed by atoms with Crippen LogP contribution in [-0.2, 0) is 16.2 Å². The van der Waals surface area contributed by atoms with E-state index in [1.807, 2.05) is 38.1 Å². The molecule has 234 valence electrons. The van der Waals surface area contributed by atoms with Crippen LogP contribution in [0.2, 0.25) is 0 Å². The summed E-state index contributed by atoms with van der Waals surface area (Å²) in [6, 6.07) is 19.6. The monoisotopic (exact) mass is 594 g/mol. The van der Waals surface area contributed by atoms with Gasteiger partial charge >= 0.3 is 0 Å². The van der Waals surface area contributed by atoms with Crippen LogP contribution in [-0.4, -0.2) is 20.4 Å². The van der Waals surface area contributed by atoms with Crippen LogP contribution < -0.4 is 0 Å². The Hall–Kier alpha value is -3.92. The Morgan fingerprint density at radius 1 is 0.523 bits per heavy atom. The lowest BCUT2D eigenvalue weighted by Gasteiger charge is -2.37. The minimum absolute atomic E-state index is 0.229. The SMILES string of the molecule is Cc1cc(C(CC(C)(c2ccc(O)c(C)c2)c2ccc(O)c(C)c2)c2cc(C)cc(C(C)(C)C)c2O)c(O)c(C(C)(C)C)c1. The van der Waals surface area contributed by atoms with Crippen LogP contribution in [0.25, 0.3) is 0 Å². The quantitative estimate of drug-likeness (QED) is 0.179. The van der Waals surface area contributed by atoms with Crippen molar-refractivity contribution >= 4 is 0 Å². The summed E-state index contributed by atoms with van der Waals surface area (Å²) in [6.07, 6.45) is 0.503. The standard InChI is InChI=1S/C40H50O4/c1-23-16-29(36(43)32(18-23)38(5,6)7)31(30-17-24(2)19-33(37(30)44)39(8,9)10)22-40(11,27-12-14-34(41)25(3)20-27)28-13-15-35(42)26(4)21-28/h12-21,31,41-44H,22H2,1-11H3. The van der Waals surface area contributed by atoms with Crippen LogP contribution in [0.1, 0.15) is 116 Å². The normalized spacial score (nSPS) is 12.6. The molecule has 4 rings (SSSR count). The predicted octanol–water partition coefficient (Wildman–Crippen LogP) is 9.87. The maximum Gasteiger partial charge on any atom is 0.123 e. The van der Waals surface area contributed by atoms with Crippen molar-refractivity contribution in [2.75, 3.05) is 0 Å². The molecule has 0 saturated carbocycles. The molecule has 0 unspecified atom stereocenters. The third kappa shape index (κ3) is 6.31. The van der Waals surface area contributed by atoms with E-state index < -0.39 is 11.3 Å². The van der Waals surface area contributed by atoms with E-state index >= 15 is 0 Å². The van der Waals surface area contributed by atoms with Crippen molar-refractivity contribution in [2.45, 2.75) is 105 Å². The maximum absolute atomic E-state index is 12.0. The Kier molecular flexibility index (Phi) is 8.65. The van der Waals surface area contributed by atoms with Crippen molar-refractivity contribution < 1.29 is 20.4 Å². The number of aryl methyl sites for hydroxylation is 4. The molecular weight excluding hydrogens is 544 g/mol. The summed E-state index contributed by atoms with van der Waals surface area (Å²) in [5.41, 5.74) is 7.63. The molecule has 4 aromatic rings. The highest BCUT2D eigenvalue weighted by Crippen LogP contribution is 2.51. The van der Waals surface area contributed by atoms with Gasteiger partial charge in [-0.1, -0.05) is 108 Å². The molecule has 0 amide bonds. The maximum atomic E-state index is 12.0. The molecule has 0 aliphatic carbocycles. The fourth-order valence-corrected chi connectivity index (χ4v) is 6.48. The van der Waals surface area contributed by atoms with E-state index in [4.69, 9.17) is 0 Å². The topological polar surface area (TPSA) is 80.9 Å². The Bertz CT molecular complexity index is 1580. The highest BCUT2D eigenvalue weighted by atomic mass is 16.3. The first kappa shape index (κ1) is 33.0. The van der Waals surface area contributed by atoms with Crippen LogP contribution >= 0.6 is 0 Å². The highest BCUT2D eigenvalue weighted by molar-refractivity contribution is 5.58. The Balaban J connectivity index is 2.12. The van der Waals surface area contributed by atoms with Gasteiger partial charge in [0.2, 0.25) is 0 Å². The first-order chi connectivity index (χ1) is 20.2. The van der Waals surface area contributed by atoms with Gasteiger partial charge in [-0.15, -0.1) is 0 Å². The van der Waals surface area contributed by atoms with Crippen molar-refractivity contribution in [1.29, 1.82) is 0 Å². The fraction of sp³-hybridized carbons (Fsp3) is 0.400. The second-order valence-electron chi connectivity index (χ2n) is 15.1. The van der Waals surface area contributed by atoms with Gasteiger partial charge in [-0.3, -0.25) is 0 Å². The zero-order valence-electron chi connectivity index (χ0n) is 28.3. The average molecular weight is 595 g/mol. The molecule has 0 aliphatic rings. The lowest BCUT2D eigenvalue weighted by molar-refractivity contribution is 0.409. The number of phenols is 4. The smallest absolute Gasteiger partial charge is 0.123 e. The zero-order chi connectivity index (χ0) is 32.9. The molecule has 4 nitrogen and oxygen atoms in total. The van der Waals surface area contributed by atoms with Crippen molar-refractivity contribution in [3.8, 4) is 23.0 Å². The molecule has 0 bridgehead atoms. The summed E-state index contributed by atoms with van der Waals surface area (Å²) in [7, 11) is 0. The summed E-state index contributed by atoms with van der Waals surface area (Å²) in [5.74, 6) is 0.554. The van der Waals surface area contributed by atoms with Crippen LogP contribution in [0.3, 0.4) is 0 Å². The molecule has 0 aliphatic heterocycles. The number of hydrogen-bond donors (Lipinski definition) is 4. The summed E-state index contributed by atoms with van der Waals surface area (Å²) in [4.78, 5) is 0. The first-order valence-electron chi connectivity index (χ1n) is 15.5. The van der Waals surface area contributed by atoms with Gasteiger partial charge in [0.15, 0.2) is 0 Å². The van der Waals surface area contributed by atoms with E-state index in [-0.39, 0.29) is 33.8 Å². The van der Waals surface area contributed by atoms with E-state index in [1.165, 1.54) is 0 Å². The number of hydrogen-bond acceptors (Lipinski definition) is 4. The van der Waals surface area contributed by atoms with Crippen LogP contribution in [0, 0.1) is 27.7 Å². The van der Waals surface area contributed by atoms with Crippen LogP contribution in [0.15, 0.2) is 60.7 Å². The summed E-state index contributed by atoms with van der Waals surface area (Å²) in [6.45, 7) is 22.7. The molecule has 0 atom stereocenters. The van der Waals surface area contributed by atoms with Gasteiger partial charge in [0.25, 0.3) is 0 Å². The van der Waals surface area contributed by atoms with E-state index in [0.717, 1.165) is 55.6 Å². The van der Waals surface area contributed by atoms with Crippen molar-refractivity contribution in [3.63, 3.8) is 0 Å². The fourth-order valence-electron chi connectivity index (χ4n) is 6.48. The van der Waals surface area contributed by atoms with E-state index in [9.17, 15) is 20.4 Å². The van der Waals surface area contributed by atoms with Crippen molar-refractivity contribution in [1.82, 2.24) is 0 Å². The third-order valence-electron chi connectivity index (χ3n) is 9.21. The molecular formula is C40H50O4. The number of phenolic OH excluding ortho intramolecular Hbond substituents is 4. The molecule has 0 heterocycles. The molecule has 4 heteroatoms. The number of aromatic hydroxyl groups is 4. The van der Waals surface area contributed by atoms with Crippen LogP contribution in [0.4, 0.5) is 0 Å². The summed E-state index contributed by atoms with van der Waals surface area (Å²) in [5, 5.41) is 44.9. The molecule has 0 fully saturated rings. The van der Waals surface area contributed by atoms with Gasteiger partial charge in [0, 0.05) is 22.5 Å². The third-order valence-corrected chi connectivity index (χ3v) is 9.21. The van der Waals surface area contributed by atoms with Gasteiger partial charge in [-0.05, 0) is 90.5 Å². The van der Waals surface area contributed by atoms with E-state index in [1.54, 1.807) is 12.1 Å². The second-order valence-corrected chi connectivity index (χ2v) is 15.1. The minimum Gasteiger partial charge on any atom is -0.508 e. The summed E-state index contributed by atoms with van der Waals surface area (Å²) < 4.78 is 0. The Morgan fingerprint density at radius 3 is 1.20 bits per heavy atom. The molecule has 44 heavy (non-hydrogen) atoms. The van der Waals surface area contributed by atoms with Gasteiger partial charge < -0.3 is 20.4 Å². The lowest BCUT2D eigenvalue weighted by Crippen LogP contribution is -2.28. The number of benzene rings is 4. The Morgan fingerprint density at radius 2 is 0.886 bits per heavy atom. The molecule has 0 radical (unpaired) electrons. The zero-order valence-corrected chi connectivity index (χ0v) is 28.3. The highest BCUT2D eigenvalue weighted by Gasteiger charge is 2.38. The molecule has 4 N–H and O–H groups in total. The summed E-state index contributed by atoms with van der Waals surface area (Å²) >= 11 is 0. The number of rotatable bonds is 6. The minimum atomic E-state index is -0.641. The van der Waals surface area contributed by atoms with Gasteiger partial charge in [0.05, 0.1) is 0 Å². The van der Waals surface area contributed by atoms with Gasteiger partial charge in [0.1, 0.15) is 23.0 Å². The predicted molar refractivity (Wildman–Crippen MR) is 182 cm³/mol. The van der Waals surface area contributed by atoms with Gasteiger partial charge in [-0.25, -0.2) is 0 Å². The van der Waals surface area contributed by atoms with Crippen molar-refractivity contribution in [3.05, 3.63) is 116 Å². The van der Waals surface area contributed by atoms with E-state index in [0.29, 0.717) is 6.42 Å². The Labute approximate surface area is 264 Å². The lowest BCUT2D eigenvalue weighted by atomic mass is 9.66.